The van der Waals surface area contributed by atoms with Gasteiger partial charge in [-0.15, -0.1) is 8.78 Å². The lowest BCUT2D eigenvalue weighted by Gasteiger charge is -2.38. The van der Waals surface area contributed by atoms with Crippen molar-refractivity contribution in [3.63, 3.8) is 0 Å². The third kappa shape index (κ3) is 3.08. The summed E-state index contributed by atoms with van der Waals surface area (Å²) in [6.07, 6.45) is -3.89. The van der Waals surface area contributed by atoms with Crippen LogP contribution in [0.25, 0.3) is 0 Å². The molecule has 1 aromatic rings. The third-order valence-electron chi connectivity index (χ3n) is 3.88. The number of fused-ring (bicyclic) bond motifs is 1. The van der Waals surface area contributed by atoms with Crippen LogP contribution < -0.4 is 14.8 Å². The van der Waals surface area contributed by atoms with Gasteiger partial charge >= 0.3 is 6.29 Å². The highest BCUT2D eigenvalue weighted by Crippen LogP contribution is 2.49. The lowest BCUT2D eigenvalue weighted by atomic mass is 9.97. The number of nitrogens with one attached hydrogen (secondary N) is 1. The lowest BCUT2D eigenvalue weighted by molar-refractivity contribution is -0.287. The van der Waals surface area contributed by atoms with Crippen molar-refractivity contribution in [2.75, 3.05) is 32.8 Å². The molecule has 1 aromatic carbocycles. The Bertz CT molecular complexity index is 579. The van der Waals surface area contributed by atoms with E-state index in [9.17, 15) is 17.6 Å². The second-order valence-electron chi connectivity index (χ2n) is 5.45. The van der Waals surface area contributed by atoms with Crippen molar-refractivity contribution in [3.8, 4) is 11.5 Å². The fraction of sp³-hybridized carbons (Fsp3) is 0.571. The molecule has 1 fully saturated rings. The van der Waals surface area contributed by atoms with E-state index >= 15 is 0 Å². The van der Waals surface area contributed by atoms with Crippen LogP contribution in [-0.2, 0) is 0 Å². The highest BCUT2D eigenvalue weighted by atomic mass is 19.3. The number of hydrogen-bond donors (Lipinski definition) is 2. The first-order valence-corrected chi connectivity index (χ1v) is 7.16. The summed E-state index contributed by atoms with van der Waals surface area (Å²) in [6, 6.07) is 2.29. The fourth-order valence-electron chi connectivity index (χ4n) is 2.92. The van der Waals surface area contributed by atoms with Gasteiger partial charge in [0.05, 0.1) is 0 Å². The number of para-hydroxylation sites is 1. The number of aliphatic hydroxyl groups excluding tert-OH is 1. The zero-order chi connectivity index (χ0) is 16.7. The Morgan fingerprint density at radius 1 is 1.26 bits per heavy atom. The van der Waals surface area contributed by atoms with Gasteiger partial charge in [-0.1, -0.05) is 12.1 Å². The minimum Gasteiger partial charge on any atom is -0.395 e. The van der Waals surface area contributed by atoms with E-state index in [4.69, 9.17) is 5.11 Å². The number of halogens is 4. The minimum absolute atomic E-state index is 0.124. The molecule has 23 heavy (non-hydrogen) atoms. The van der Waals surface area contributed by atoms with E-state index in [0.29, 0.717) is 26.2 Å². The topological polar surface area (TPSA) is 54.0 Å². The van der Waals surface area contributed by atoms with Crippen LogP contribution >= 0.6 is 0 Å². The molecule has 9 heteroatoms. The summed E-state index contributed by atoms with van der Waals surface area (Å²) in [5.41, 5.74) is -0.124. The van der Waals surface area contributed by atoms with E-state index < -0.39 is 30.6 Å². The molecule has 0 aromatic heterocycles. The molecule has 0 bridgehead atoms. The molecule has 2 heterocycles. The van der Waals surface area contributed by atoms with Crippen molar-refractivity contribution >= 4 is 0 Å². The Hall–Kier alpha value is -1.58. The van der Waals surface area contributed by atoms with Crippen LogP contribution in [0.1, 0.15) is 11.6 Å². The molecule has 2 N–H and O–H groups in total. The first-order chi connectivity index (χ1) is 10.8. The highest BCUT2D eigenvalue weighted by Gasteiger charge is 2.50. The van der Waals surface area contributed by atoms with Crippen LogP contribution in [0, 0.1) is 0 Å². The largest absolute Gasteiger partial charge is 0.586 e. The Labute approximate surface area is 129 Å². The van der Waals surface area contributed by atoms with Crippen LogP contribution in [0.2, 0.25) is 0 Å². The zero-order valence-electron chi connectivity index (χ0n) is 12.1. The van der Waals surface area contributed by atoms with Gasteiger partial charge in [-0.3, -0.25) is 4.90 Å². The molecule has 0 spiro atoms. The van der Waals surface area contributed by atoms with Gasteiger partial charge in [-0.05, 0) is 6.07 Å². The molecular formula is C14H16F4N2O3. The number of ether oxygens (including phenoxy) is 2. The number of hydrogen-bond acceptors (Lipinski definition) is 5. The predicted molar refractivity (Wildman–Crippen MR) is 71.9 cm³/mol. The lowest BCUT2D eigenvalue weighted by Crippen LogP contribution is -2.51. The molecule has 2 aliphatic heterocycles. The average molecular weight is 336 g/mol. The molecule has 128 valence electrons. The number of alkyl halides is 4. The van der Waals surface area contributed by atoms with Crippen LogP contribution in [-0.4, -0.2) is 55.0 Å². The number of nitrogens with zero attached hydrogens (tertiary/aromatic N) is 1. The van der Waals surface area contributed by atoms with Crippen molar-refractivity contribution in [1.29, 1.82) is 0 Å². The molecule has 0 saturated carbocycles. The molecule has 3 rings (SSSR count). The maximum absolute atomic E-state index is 14.4. The van der Waals surface area contributed by atoms with Gasteiger partial charge in [-0.25, -0.2) is 8.78 Å². The molecule has 5 nitrogen and oxygen atoms in total. The van der Waals surface area contributed by atoms with Gasteiger partial charge in [0, 0.05) is 31.7 Å². The smallest absolute Gasteiger partial charge is 0.395 e. The van der Waals surface area contributed by atoms with Crippen LogP contribution in [0.15, 0.2) is 18.2 Å². The highest BCUT2D eigenvalue weighted by molar-refractivity contribution is 5.50. The number of benzene rings is 1. The summed E-state index contributed by atoms with van der Waals surface area (Å²) < 4.78 is 64.0. The van der Waals surface area contributed by atoms with E-state index in [-0.39, 0.29) is 11.3 Å². The molecule has 0 radical (unpaired) electrons. The Balaban J connectivity index is 2.03. The van der Waals surface area contributed by atoms with E-state index in [1.165, 1.54) is 23.1 Å². The van der Waals surface area contributed by atoms with Crippen molar-refractivity contribution in [1.82, 2.24) is 10.2 Å². The van der Waals surface area contributed by atoms with Gasteiger partial charge in [0.2, 0.25) is 0 Å². The van der Waals surface area contributed by atoms with E-state index in [1.54, 1.807) is 0 Å². The molecule has 0 unspecified atom stereocenters. The Morgan fingerprint density at radius 2 is 1.96 bits per heavy atom. The summed E-state index contributed by atoms with van der Waals surface area (Å²) in [6.45, 7) is 0.159. The molecule has 2 aliphatic rings. The van der Waals surface area contributed by atoms with Gasteiger partial charge in [0.15, 0.2) is 11.5 Å². The first kappa shape index (κ1) is 16.3. The molecule has 1 saturated heterocycles. The van der Waals surface area contributed by atoms with Crippen molar-refractivity contribution < 1.29 is 32.1 Å². The maximum Gasteiger partial charge on any atom is 0.586 e. The second kappa shape index (κ2) is 5.81. The van der Waals surface area contributed by atoms with Crippen LogP contribution in [0.3, 0.4) is 0 Å². The van der Waals surface area contributed by atoms with Crippen molar-refractivity contribution in [2.24, 2.45) is 0 Å². The molecular weight excluding hydrogens is 320 g/mol. The third-order valence-corrected chi connectivity index (χ3v) is 3.88. The number of rotatable bonds is 4. The minimum atomic E-state index is -3.89. The SMILES string of the molecule is OCC(F)(F)[C@@H](c1cccc2c1OC(F)(F)O2)N1CCNCC1. The van der Waals surface area contributed by atoms with Crippen LogP contribution in [0.4, 0.5) is 17.6 Å². The van der Waals surface area contributed by atoms with Gasteiger partial charge < -0.3 is 19.9 Å². The van der Waals surface area contributed by atoms with Crippen LogP contribution in [0.5, 0.6) is 11.5 Å². The number of piperazine rings is 1. The first-order valence-electron chi connectivity index (χ1n) is 7.16. The van der Waals surface area contributed by atoms with Crippen molar-refractivity contribution in [3.05, 3.63) is 23.8 Å². The maximum atomic E-state index is 14.4. The van der Waals surface area contributed by atoms with E-state index in [0.717, 1.165) is 0 Å². The summed E-state index contributed by atoms with van der Waals surface area (Å²) in [5, 5.41) is 12.1. The fourth-order valence-corrected chi connectivity index (χ4v) is 2.92. The summed E-state index contributed by atoms with van der Waals surface area (Å²) >= 11 is 0. The van der Waals surface area contributed by atoms with Gasteiger partial charge in [0.25, 0.3) is 5.92 Å². The Kier molecular flexibility index (Phi) is 4.11. The normalized spacial score (nSPS) is 22.1. The monoisotopic (exact) mass is 336 g/mol. The zero-order valence-corrected chi connectivity index (χ0v) is 12.1. The van der Waals surface area contributed by atoms with Gasteiger partial charge in [0.1, 0.15) is 12.6 Å². The van der Waals surface area contributed by atoms with E-state index in [1.807, 2.05) is 0 Å². The molecule has 0 aliphatic carbocycles. The molecule has 0 amide bonds. The predicted octanol–water partition coefficient (Wildman–Crippen LogP) is 1.58. The second-order valence-corrected chi connectivity index (χ2v) is 5.45. The molecule has 1 atom stereocenters. The van der Waals surface area contributed by atoms with E-state index in [2.05, 4.69) is 14.8 Å². The standard InChI is InChI=1S/C14H16F4N2O3/c15-13(16,8-21)12(20-6-4-19-5-7-20)9-2-1-3-10-11(9)23-14(17,18)22-10/h1-3,12,19,21H,4-8H2/t12-/m1/s1. The quantitative estimate of drug-likeness (QED) is 0.818. The number of aliphatic hydroxyl groups is 1. The summed E-state index contributed by atoms with van der Waals surface area (Å²) in [5.74, 6) is -4.22. The summed E-state index contributed by atoms with van der Waals surface area (Å²) in [7, 11) is 0. The van der Waals surface area contributed by atoms with Crippen molar-refractivity contribution in [2.45, 2.75) is 18.3 Å². The average Bonchev–Trinajstić information content (AvgIpc) is 2.83. The Morgan fingerprint density at radius 3 is 2.61 bits per heavy atom. The van der Waals surface area contributed by atoms with Gasteiger partial charge in [-0.2, -0.15) is 0 Å². The summed E-state index contributed by atoms with van der Waals surface area (Å²) in [4.78, 5) is 1.45.